The monoisotopic (exact) mass is 379 g/mol. The summed E-state index contributed by atoms with van der Waals surface area (Å²) in [5, 5.41) is 7.40. The van der Waals surface area contributed by atoms with Crippen LogP contribution in [0.1, 0.15) is 35.4 Å². The van der Waals surface area contributed by atoms with E-state index in [-0.39, 0.29) is 6.04 Å². The van der Waals surface area contributed by atoms with Crippen molar-refractivity contribution in [3.05, 3.63) is 55.5 Å². The summed E-state index contributed by atoms with van der Waals surface area (Å²) in [6.07, 6.45) is 1.14. The van der Waals surface area contributed by atoms with Crippen LogP contribution in [0.2, 0.25) is 0 Å². The van der Waals surface area contributed by atoms with Crippen LogP contribution in [0, 0.1) is 6.92 Å². The average Bonchev–Trinajstić information content (AvgIpc) is 3.05. The van der Waals surface area contributed by atoms with Crippen molar-refractivity contribution < 1.29 is 0 Å². The first kappa shape index (κ1) is 15.2. The van der Waals surface area contributed by atoms with E-state index in [1.54, 1.807) is 0 Å². The lowest BCUT2D eigenvalue weighted by Gasteiger charge is -2.17. The maximum Gasteiger partial charge on any atom is 0.0731 e. The van der Waals surface area contributed by atoms with E-state index in [4.69, 9.17) is 0 Å². The van der Waals surface area contributed by atoms with Gasteiger partial charge in [-0.2, -0.15) is 0 Å². The Bertz CT molecular complexity index is 725. The van der Waals surface area contributed by atoms with Gasteiger partial charge in [0.1, 0.15) is 0 Å². The van der Waals surface area contributed by atoms with Gasteiger partial charge in [-0.15, -0.1) is 22.7 Å². The Balaban J connectivity index is 2.06. The zero-order valence-corrected chi connectivity index (χ0v) is 15.4. The summed E-state index contributed by atoms with van der Waals surface area (Å²) in [5.74, 6) is 0. The molecule has 0 aliphatic carbocycles. The van der Waals surface area contributed by atoms with Crippen LogP contribution < -0.4 is 5.32 Å². The summed E-state index contributed by atoms with van der Waals surface area (Å²) in [6.45, 7) is 5.40. The molecule has 0 saturated heterocycles. The van der Waals surface area contributed by atoms with Gasteiger partial charge in [0.05, 0.1) is 9.83 Å². The number of benzene rings is 1. The summed E-state index contributed by atoms with van der Waals surface area (Å²) < 4.78 is 2.60. The molecule has 0 amide bonds. The fourth-order valence-electron chi connectivity index (χ4n) is 2.50. The minimum atomic E-state index is 0.288. The van der Waals surface area contributed by atoms with Crippen LogP contribution in [-0.2, 0) is 0 Å². The van der Waals surface area contributed by atoms with E-state index in [1.807, 2.05) is 22.7 Å². The Morgan fingerprint density at radius 1 is 1.29 bits per heavy atom. The molecular formula is C17H18BrNS2. The zero-order valence-electron chi connectivity index (χ0n) is 12.2. The third kappa shape index (κ3) is 3.09. The summed E-state index contributed by atoms with van der Waals surface area (Å²) >= 11 is 7.33. The minimum Gasteiger partial charge on any atom is -0.306 e. The highest BCUT2D eigenvalue weighted by atomic mass is 79.9. The molecule has 3 rings (SSSR count). The van der Waals surface area contributed by atoms with E-state index >= 15 is 0 Å². The second-order valence-electron chi connectivity index (χ2n) is 5.18. The molecule has 1 atom stereocenters. The number of fused-ring (bicyclic) bond motifs is 1. The first-order valence-electron chi connectivity index (χ1n) is 7.16. The van der Waals surface area contributed by atoms with Crippen LogP contribution in [0.15, 0.2) is 39.5 Å². The van der Waals surface area contributed by atoms with Crippen molar-refractivity contribution in [1.29, 1.82) is 0 Å². The molecule has 1 unspecified atom stereocenters. The van der Waals surface area contributed by atoms with E-state index in [9.17, 15) is 0 Å². The molecule has 3 aromatic rings. The number of aryl methyl sites for hydroxylation is 1. The van der Waals surface area contributed by atoms with E-state index < -0.39 is 0 Å². The molecule has 1 nitrogen and oxygen atoms in total. The van der Waals surface area contributed by atoms with Gasteiger partial charge in [0.25, 0.3) is 0 Å². The van der Waals surface area contributed by atoms with Crippen LogP contribution in [-0.4, -0.2) is 6.54 Å². The number of hydrogen-bond acceptors (Lipinski definition) is 3. The van der Waals surface area contributed by atoms with Gasteiger partial charge in [0.15, 0.2) is 0 Å². The summed E-state index contributed by atoms with van der Waals surface area (Å²) in [5.41, 5.74) is 2.72. The summed E-state index contributed by atoms with van der Waals surface area (Å²) in [7, 11) is 0. The predicted octanol–water partition coefficient (Wildman–Crippen LogP) is 6.12. The molecule has 21 heavy (non-hydrogen) atoms. The van der Waals surface area contributed by atoms with Gasteiger partial charge in [-0.3, -0.25) is 0 Å². The van der Waals surface area contributed by atoms with Gasteiger partial charge in [0, 0.05) is 9.58 Å². The van der Waals surface area contributed by atoms with Gasteiger partial charge in [-0.25, -0.2) is 0 Å². The van der Waals surface area contributed by atoms with Gasteiger partial charge >= 0.3 is 0 Å². The molecule has 0 fully saturated rings. The van der Waals surface area contributed by atoms with Crippen LogP contribution in [0.4, 0.5) is 0 Å². The lowest BCUT2D eigenvalue weighted by molar-refractivity contribution is 0.610. The van der Waals surface area contributed by atoms with Gasteiger partial charge < -0.3 is 5.32 Å². The molecule has 0 aliphatic heterocycles. The van der Waals surface area contributed by atoms with Gasteiger partial charge in [-0.1, -0.05) is 25.1 Å². The quantitative estimate of drug-likeness (QED) is 0.562. The molecule has 4 heteroatoms. The topological polar surface area (TPSA) is 12.0 Å². The van der Waals surface area contributed by atoms with Crippen LogP contribution in [0.3, 0.4) is 0 Å². The number of rotatable bonds is 5. The second-order valence-corrected chi connectivity index (χ2v) is 8.49. The van der Waals surface area contributed by atoms with E-state index in [1.165, 1.54) is 29.9 Å². The number of nitrogens with one attached hydrogen (secondary N) is 1. The third-order valence-corrected chi connectivity index (χ3v) is 6.76. The second kappa shape index (κ2) is 6.61. The molecule has 2 aromatic heterocycles. The van der Waals surface area contributed by atoms with Crippen molar-refractivity contribution in [2.45, 2.75) is 26.3 Å². The van der Waals surface area contributed by atoms with Crippen molar-refractivity contribution >= 4 is 48.7 Å². The Morgan fingerprint density at radius 2 is 2.10 bits per heavy atom. The maximum absolute atomic E-state index is 3.72. The molecule has 0 radical (unpaired) electrons. The van der Waals surface area contributed by atoms with Crippen LogP contribution in [0.25, 0.3) is 10.1 Å². The highest BCUT2D eigenvalue weighted by Crippen LogP contribution is 2.38. The van der Waals surface area contributed by atoms with Crippen molar-refractivity contribution in [2.24, 2.45) is 0 Å². The highest BCUT2D eigenvalue weighted by Gasteiger charge is 2.20. The smallest absolute Gasteiger partial charge is 0.0731 e. The molecule has 1 N–H and O–H groups in total. The highest BCUT2D eigenvalue weighted by molar-refractivity contribution is 9.11. The maximum atomic E-state index is 3.72. The molecule has 110 valence electrons. The standard InChI is InChI=1S/C17H18BrNS2/c1-3-8-19-16(15-9-11(2)17(18)21-15)13-10-20-14-7-5-4-6-12(13)14/h4-7,9-10,16,19H,3,8H2,1-2H3. The third-order valence-electron chi connectivity index (χ3n) is 3.58. The lowest BCUT2D eigenvalue weighted by atomic mass is 10.0. The van der Waals surface area contributed by atoms with Crippen molar-refractivity contribution in [3.63, 3.8) is 0 Å². The number of halogens is 1. The molecule has 2 heterocycles. The molecule has 0 saturated carbocycles. The van der Waals surface area contributed by atoms with Gasteiger partial charge in [-0.05, 0) is 69.8 Å². The molecule has 1 aromatic carbocycles. The van der Waals surface area contributed by atoms with E-state index in [2.05, 4.69) is 70.8 Å². The first-order chi connectivity index (χ1) is 10.2. The Labute approximate surface area is 142 Å². The zero-order chi connectivity index (χ0) is 14.8. The fourth-order valence-corrected chi connectivity index (χ4v) is 5.15. The largest absolute Gasteiger partial charge is 0.306 e. The van der Waals surface area contributed by atoms with E-state index in [0.717, 1.165) is 13.0 Å². The number of thiophene rings is 2. The first-order valence-corrected chi connectivity index (χ1v) is 9.65. The fraction of sp³-hybridized carbons (Fsp3) is 0.294. The SMILES string of the molecule is CCCNC(c1cc(C)c(Br)s1)c1csc2ccccc12. The molecule has 0 bridgehead atoms. The average molecular weight is 380 g/mol. The van der Waals surface area contributed by atoms with Crippen molar-refractivity contribution in [3.8, 4) is 0 Å². The van der Waals surface area contributed by atoms with Crippen molar-refractivity contribution in [2.75, 3.05) is 6.54 Å². The Kier molecular flexibility index (Phi) is 4.79. The van der Waals surface area contributed by atoms with Crippen LogP contribution in [0.5, 0.6) is 0 Å². The Hall–Kier alpha value is -0.680. The summed E-state index contributed by atoms with van der Waals surface area (Å²) in [4.78, 5) is 1.39. The minimum absolute atomic E-state index is 0.288. The van der Waals surface area contributed by atoms with Crippen LogP contribution >= 0.6 is 38.6 Å². The van der Waals surface area contributed by atoms with Crippen molar-refractivity contribution in [1.82, 2.24) is 5.32 Å². The number of hydrogen-bond donors (Lipinski definition) is 1. The molecule has 0 spiro atoms. The molecular weight excluding hydrogens is 362 g/mol. The summed E-state index contributed by atoms with van der Waals surface area (Å²) in [6, 6.07) is 11.3. The van der Waals surface area contributed by atoms with Gasteiger partial charge in [0.2, 0.25) is 0 Å². The lowest BCUT2D eigenvalue weighted by Crippen LogP contribution is -2.22. The Morgan fingerprint density at radius 3 is 2.81 bits per heavy atom. The predicted molar refractivity (Wildman–Crippen MR) is 98.7 cm³/mol. The van der Waals surface area contributed by atoms with E-state index in [0.29, 0.717) is 0 Å². The molecule has 0 aliphatic rings. The normalized spacial score (nSPS) is 12.9.